The predicted molar refractivity (Wildman–Crippen MR) is 100 cm³/mol. The molecule has 6 heteroatoms. The lowest BCUT2D eigenvalue weighted by Crippen LogP contribution is -2.44. The van der Waals surface area contributed by atoms with Gasteiger partial charge in [0.25, 0.3) is 0 Å². The Bertz CT molecular complexity index is 919. The zero-order chi connectivity index (χ0) is 18.4. The third-order valence-corrected chi connectivity index (χ3v) is 3.94. The molecule has 0 aliphatic carbocycles. The van der Waals surface area contributed by atoms with Gasteiger partial charge < -0.3 is 10.6 Å². The molecule has 0 fully saturated rings. The van der Waals surface area contributed by atoms with Gasteiger partial charge in [0.05, 0.1) is 0 Å². The summed E-state index contributed by atoms with van der Waals surface area (Å²) in [5, 5.41) is 18.0. The molecule has 132 valence electrons. The maximum atomic E-state index is 12.8. The topological polar surface area (TPSA) is 77.0 Å². The number of amides is 2. The molecule has 0 radical (unpaired) electrons. The van der Waals surface area contributed by atoms with Crippen molar-refractivity contribution < 1.29 is 9.18 Å². The normalized spacial score (nSPS) is 10.3. The third-order valence-electron chi connectivity index (χ3n) is 3.94. The number of fused-ring (bicyclic) bond motifs is 1. The first-order valence-electron chi connectivity index (χ1n) is 8.20. The number of benzene rings is 3. The Kier molecular flexibility index (Phi) is 5.43. The van der Waals surface area contributed by atoms with Crippen molar-refractivity contribution >= 4 is 22.8 Å². The summed E-state index contributed by atoms with van der Waals surface area (Å²) in [5.74, 6) is -0.410. The Morgan fingerprint density at radius 3 is 2.42 bits per heavy atom. The molecule has 3 aromatic rings. The van der Waals surface area contributed by atoms with Crippen LogP contribution in [0, 0.1) is 11.2 Å². The molecule has 0 saturated carbocycles. The second-order valence-electron chi connectivity index (χ2n) is 5.80. The summed E-state index contributed by atoms with van der Waals surface area (Å²) in [4.78, 5) is 11.8. The van der Waals surface area contributed by atoms with Crippen LogP contribution in [0.3, 0.4) is 0 Å². The van der Waals surface area contributed by atoms with Crippen LogP contribution in [0.15, 0.2) is 66.7 Å². The first kappa shape index (κ1) is 17.4. The van der Waals surface area contributed by atoms with Crippen molar-refractivity contribution in [1.29, 1.82) is 5.41 Å². The molecule has 5 nitrogen and oxygen atoms in total. The van der Waals surface area contributed by atoms with Gasteiger partial charge in [0.2, 0.25) is 0 Å². The first-order chi connectivity index (χ1) is 12.6. The average molecular weight is 350 g/mol. The van der Waals surface area contributed by atoms with Gasteiger partial charge in [-0.1, -0.05) is 54.6 Å². The number of guanidine groups is 1. The van der Waals surface area contributed by atoms with Gasteiger partial charge in [0.1, 0.15) is 5.82 Å². The van der Waals surface area contributed by atoms with Crippen LogP contribution in [0.2, 0.25) is 0 Å². The van der Waals surface area contributed by atoms with E-state index in [0.717, 1.165) is 21.9 Å². The average Bonchev–Trinajstić information content (AvgIpc) is 2.66. The standard InChI is InChI=1S/C20H19FN4O/c21-17-10-8-14(9-11-17)12-24-20(26)25-19(22)23-13-16-6-3-5-15-4-1-2-7-18(15)16/h1-11H,12-13H2,(H4,22,23,24,25,26). The highest BCUT2D eigenvalue weighted by molar-refractivity contribution is 5.94. The molecule has 26 heavy (non-hydrogen) atoms. The number of halogens is 1. The fourth-order valence-corrected chi connectivity index (χ4v) is 2.62. The first-order valence-corrected chi connectivity index (χ1v) is 8.20. The quantitative estimate of drug-likeness (QED) is 0.429. The highest BCUT2D eigenvalue weighted by Gasteiger charge is 2.05. The number of rotatable bonds is 4. The van der Waals surface area contributed by atoms with Crippen LogP contribution in [-0.4, -0.2) is 12.0 Å². The van der Waals surface area contributed by atoms with Crippen molar-refractivity contribution in [2.75, 3.05) is 0 Å². The largest absolute Gasteiger partial charge is 0.352 e. The second kappa shape index (κ2) is 8.11. The molecule has 4 N–H and O–H groups in total. The molecule has 2 amide bonds. The summed E-state index contributed by atoms with van der Waals surface area (Å²) in [5.41, 5.74) is 1.82. The van der Waals surface area contributed by atoms with Crippen molar-refractivity contribution in [3.05, 3.63) is 83.7 Å². The van der Waals surface area contributed by atoms with E-state index in [1.54, 1.807) is 12.1 Å². The SMILES string of the molecule is N=C(NCc1cccc2ccccc12)NC(=O)NCc1ccc(F)cc1. The van der Waals surface area contributed by atoms with Gasteiger partial charge in [-0.25, -0.2) is 9.18 Å². The van der Waals surface area contributed by atoms with E-state index >= 15 is 0 Å². The van der Waals surface area contributed by atoms with E-state index in [4.69, 9.17) is 5.41 Å². The van der Waals surface area contributed by atoms with Crippen LogP contribution in [0.5, 0.6) is 0 Å². The predicted octanol–water partition coefficient (Wildman–Crippen LogP) is 3.50. The number of hydrogen-bond acceptors (Lipinski definition) is 2. The van der Waals surface area contributed by atoms with Crippen molar-refractivity contribution in [3.8, 4) is 0 Å². The minimum Gasteiger partial charge on any atom is -0.352 e. The number of carbonyl (C=O) groups is 1. The summed E-state index contributed by atoms with van der Waals surface area (Å²) < 4.78 is 12.8. The minimum atomic E-state index is -0.496. The Morgan fingerprint density at radius 1 is 0.885 bits per heavy atom. The molecule has 3 aromatic carbocycles. The second-order valence-corrected chi connectivity index (χ2v) is 5.80. The molecule has 3 rings (SSSR count). The zero-order valence-electron chi connectivity index (χ0n) is 14.1. The summed E-state index contributed by atoms with van der Waals surface area (Å²) in [6.45, 7) is 0.682. The number of hydrogen-bond donors (Lipinski definition) is 4. The highest BCUT2D eigenvalue weighted by Crippen LogP contribution is 2.18. The summed E-state index contributed by atoms with van der Waals surface area (Å²) >= 11 is 0. The molecule has 0 unspecified atom stereocenters. The molecule has 0 aliphatic rings. The molecule has 0 aliphatic heterocycles. The Hall–Kier alpha value is -3.41. The van der Waals surface area contributed by atoms with E-state index < -0.39 is 6.03 Å². The molecule has 0 spiro atoms. The van der Waals surface area contributed by atoms with Gasteiger partial charge in [-0.2, -0.15) is 0 Å². The van der Waals surface area contributed by atoms with Gasteiger partial charge in [0.15, 0.2) is 5.96 Å². The fourth-order valence-electron chi connectivity index (χ4n) is 2.62. The molecular weight excluding hydrogens is 331 g/mol. The van der Waals surface area contributed by atoms with E-state index in [-0.39, 0.29) is 18.3 Å². The van der Waals surface area contributed by atoms with Crippen LogP contribution in [-0.2, 0) is 13.1 Å². The van der Waals surface area contributed by atoms with Crippen LogP contribution < -0.4 is 16.0 Å². The summed E-state index contributed by atoms with van der Waals surface area (Å²) in [6, 6.07) is 19.4. The van der Waals surface area contributed by atoms with Crippen LogP contribution in [0.25, 0.3) is 10.8 Å². The number of urea groups is 1. The minimum absolute atomic E-state index is 0.0884. The van der Waals surface area contributed by atoms with Gasteiger partial charge in [-0.05, 0) is 34.0 Å². The van der Waals surface area contributed by atoms with Crippen molar-refractivity contribution in [2.24, 2.45) is 0 Å². The Labute approximate surface area is 150 Å². The van der Waals surface area contributed by atoms with Crippen molar-refractivity contribution in [2.45, 2.75) is 13.1 Å². The molecule has 0 heterocycles. The maximum absolute atomic E-state index is 12.8. The lowest BCUT2D eigenvalue weighted by Gasteiger charge is -2.12. The number of nitrogens with one attached hydrogen (secondary N) is 4. The maximum Gasteiger partial charge on any atom is 0.321 e. The molecule has 0 atom stereocenters. The van der Waals surface area contributed by atoms with Gasteiger partial charge in [-0.3, -0.25) is 10.7 Å². The van der Waals surface area contributed by atoms with Crippen molar-refractivity contribution in [3.63, 3.8) is 0 Å². The molecular formula is C20H19FN4O. The third kappa shape index (κ3) is 4.57. The van der Waals surface area contributed by atoms with E-state index in [1.807, 2.05) is 42.5 Å². The van der Waals surface area contributed by atoms with Gasteiger partial charge >= 0.3 is 6.03 Å². The van der Waals surface area contributed by atoms with E-state index in [1.165, 1.54) is 12.1 Å². The molecule has 0 bridgehead atoms. The Balaban J connectivity index is 1.49. The van der Waals surface area contributed by atoms with E-state index in [9.17, 15) is 9.18 Å². The zero-order valence-corrected chi connectivity index (χ0v) is 14.1. The smallest absolute Gasteiger partial charge is 0.321 e. The Morgan fingerprint density at radius 2 is 1.62 bits per heavy atom. The fraction of sp³-hybridized carbons (Fsp3) is 0.100. The van der Waals surface area contributed by atoms with Crippen LogP contribution in [0.1, 0.15) is 11.1 Å². The highest BCUT2D eigenvalue weighted by atomic mass is 19.1. The van der Waals surface area contributed by atoms with Crippen molar-refractivity contribution in [1.82, 2.24) is 16.0 Å². The lowest BCUT2D eigenvalue weighted by atomic mass is 10.0. The monoisotopic (exact) mass is 350 g/mol. The summed E-state index contributed by atoms with van der Waals surface area (Å²) in [6.07, 6.45) is 0. The van der Waals surface area contributed by atoms with Gasteiger partial charge in [0, 0.05) is 13.1 Å². The van der Waals surface area contributed by atoms with Gasteiger partial charge in [-0.15, -0.1) is 0 Å². The van der Waals surface area contributed by atoms with Crippen LogP contribution in [0.4, 0.5) is 9.18 Å². The van der Waals surface area contributed by atoms with E-state index in [2.05, 4.69) is 16.0 Å². The lowest BCUT2D eigenvalue weighted by molar-refractivity contribution is 0.244. The number of carbonyl (C=O) groups excluding carboxylic acids is 1. The van der Waals surface area contributed by atoms with E-state index in [0.29, 0.717) is 6.54 Å². The molecule has 0 saturated heterocycles. The molecule has 0 aromatic heterocycles. The van der Waals surface area contributed by atoms with Crippen LogP contribution >= 0.6 is 0 Å². The summed E-state index contributed by atoms with van der Waals surface area (Å²) in [7, 11) is 0.